The van der Waals surface area contributed by atoms with Gasteiger partial charge in [-0.25, -0.2) is 4.98 Å². The molecular formula is C32H29F3N6O3S. The number of carbonyl (C=O) groups excluding carboxylic acids is 1. The number of methoxy groups -OCH3 is 1. The molecule has 1 aliphatic rings. The third-order valence-corrected chi connectivity index (χ3v) is 8.35. The average Bonchev–Trinajstić information content (AvgIpc) is 3.71. The summed E-state index contributed by atoms with van der Waals surface area (Å²) in [5.74, 6) is 1.89. The van der Waals surface area contributed by atoms with E-state index in [9.17, 15) is 18.0 Å². The molecule has 2 aromatic heterocycles. The van der Waals surface area contributed by atoms with Crippen molar-refractivity contribution in [2.24, 2.45) is 0 Å². The SMILES string of the molecule is COc1ccc(-n2c(Cc3ccccc3)nnc2SCc2nc(C(=O)N3CCN(c4cccc(C(F)(F)F)c4)CC3)co2)cc1. The highest BCUT2D eigenvalue weighted by Gasteiger charge is 2.31. The number of halogens is 3. The fourth-order valence-electron chi connectivity index (χ4n) is 5.09. The summed E-state index contributed by atoms with van der Waals surface area (Å²) in [5.41, 5.74) is 1.94. The number of alkyl halides is 3. The molecule has 3 heterocycles. The summed E-state index contributed by atoms with van der Waals surface area (Å²) in [6, 6.07) is 22.9. The largest absolute Gasteiger partial charge is 0.497 e. The Bertz CT molecular complexity index is 1750. The van der Waals surface area contributed by atoms with Gasteiger partial charge in [0, 0.05) is 44.0 Å². The third-order valence-electron chi connectivity index (χ3n) is 7.44. The van der Waals surface area contributed by atoms with Gasteiger partial charge in [-0.15, -0.1) is 10.2 Å². The Morgan fingerprint density at radius 2 is 1.69 bits per heavy atom. The van der Waals surface area contributed by atoms with Gasteiger partial charge in [0.15, 0.2) is 10.9 Å². The first-order valence-electron chi connectivity index (χ1n) is 14.2. The van der Waals surface area contributed by atoms with E-state index in [1.807, 2.05) is 64.1 Å². The van der Waals surface area contributed by atoms with Gasteiger partial charge in [0.25, 0.3) is 5.91 Å². The second-order valence-corrected chi connectivity index (χ2v) is 11.3. The Labute approximate surface area is 261 Å². The van der Waals surface area contributed by atoms with Crippen LogP contribution in [0.4, 0.5) is 18.9 Å². The van der Waals surface area contributed by atoms with E-state index in [-0.39, 0.29) is 11.6 Å². The summed E-state index contributed by atoms with van der Waals surface area (Å²) >= 11 is 1.39. The average molecular weight is 635 g/mol. The van der Waals surface area contributed by atoms with E-state index in [0.717, 1.165) is 35.0 Å². The van der Waals surface area contributed by atoms with Crippen LogP contribution in [-0.4, -0.2) is 63.8 Å². The highest BCUT2D eigenvalue weighted by Crippen LogP contribution is 2.32. The molecule has 0 atom stereocenters. The molecule has 3 aromatic carbocycles. The number of hydrogen-bond acceptors (Lipinski definition) is 8. The van der Waals surface area contributed by atoms with E-state index in [4.69, 9.17) is 9.15 Å². The number of aromatic nitrogens is 4. The Hall–Kier alpha value is -4.78. The number of benzene rings is 3. The van der Waals surface area contributed by atoms with Crippen LogP contribution in [0.15, 0.2) is 94.7 Å². The molecule has 13 heteroatoms. The number of carbonyl (C=O) groups is 1. The first-order chi connectivity index (χ1) is 21.8. The van der Waals surface area contributed by atoms with Crippen LogP contribution >= 0.6 is 11.8 Å². The lowest BCUT2D eigenvalue weighted by Gasteiger charge is -2.36. The van der Waals surface area contributed by atoms with Gasteiger partial charge in [0.2, 0.25) is 5.89 Å². The number of piperazine rings is 1. The second-order valence-electron chi connectivity index (χ2n) is 10.3. The molecule has 1 aliphatic heterocycles. The van der Waals surface area contributed by atoms with Crippen LogP contribution in [0, 0.1) is 0 Å². The van der Waals surface area contributed by atoms with E-state index < -0.39 is 11.7 Å². The van der Waals surface area contributed by atoms with Crippen molar-refractivity contribution in [2.75, 3.05) is 38.2 Å². The van der Waals surface area contributed by atoms with Crippen LogP contribution in [0.1, 0.15) is 33.3 Å². The maximum Gasteiger partial charge on any atom is 0.416 e. The Morgan fingerprint density at radius 1 is 0.933 bits per heavy atom. The molecule has 0 saturated carbocycles. The van der Waals surface area contributed by atoms with Crippen LogP contribution < -0.4 is 9.64 Å². The molecule has 1 amide bonds. The van der Waals surface area contributed by atoms with Crippen LogP contribution in [0.3, 0.4) is 0 Å². The van der Waals surface area contributed by atoms with Crippen LogP contribution in [0.25, 0.3) is 5.69 Å². The summed E-state index contributed by atoms with van der Waals surface area (Å²) < 4.78 is 52.4. The van der Waals surface area contributed by atoms with Gasteiger partial charge in [-0.1, -0.05) is 48.2 Å². The molecule has 0 bridgehead atoms. The number of rotatable bonds is 9. The lowest BCUT2D eigenvalue weighted by atomic mass is 10.1. The van der Waals surface area contributed by atoms with Gasteiger partial charge < -0.3 is 19.0 Å². The first-order valence-corrected chi connectivity index (χ1v) is 15.2. The molecule has 1 saturated heterocycles. The van der Waals surface area contributed by atoms with Crippen LogP contribution in [0.2, 0.25) is 0 Å². The number of oxazole rings is 1. The van der Waals surface area contributed by atoms with Crippen LogP contribution in [0.5, 0.6) is 5.75 Å². The number of hydrogen-bond donors (Lipinski definition) is 0. The third kappa shape index (κ3) is 6.98. The molecular weight excluding hydrogens is 605 g/mol. The smallest absolute Gasteiger partial charge is 0.416 e. The van der Waals surface area contributed by atoms with Crippen molar-refractivity contribution in [3.05, 3.63) is 114 Å². The lowest BCUT2D eigenvalue weighted by molar-refractivity contribution is -0.137. The zero-order valence-corrected chi connectivity index (χ0v) is 25.1. The van der Waals surface area contributed by atoms with Gasteiger partial charge in [-0.2, -0.15) is 13.2 Å². The predicted molar refractivity (Wildman–Crippen MR) is 163 cm³/mol. The minimum absolute atomic E-state index is 0.180. The predicted octanol–water partition coefficient (Wildman–Crippen LogP) is 6.13. The molecule has 9 nitrogen and oxygen atoms in total. The summed E-state index contributed by atoms with van der Waals surface area (Å²) in [6.45, 7) is 1.50. The van der Waals surface area contributed by atoms with Gasteiger partial charge in [-0.3, -0.25) is 9.36 Å². The molecule has 0 aliphatic carbocycles. The number of anilines is 1. The topological polar surface area (TPSA) is 89.5 Å². The summed E-state index contributed by atoms with van der Waals surface area (Å²) in [7, 11) is 1.62. The number of nitrogens with zero attached hydrogens (tertiary/aromatic N) is 6. The highest BCUT2D eigenvalue weighted by atomic mass is 32.2. The molecule has 232 valence electrons. The second kappa shape index (κ2) is 13.1. The number of thioether (sulfide) groups is 1. The van der Waals surface area contributed by atoms with Gasteiger partial charge >= 0.3 is 6.18 Å². The minimum atomic E-state index is -4.41. The highest BCUT2D eigenvalue weighted by molar-refractivity contribution is 7.98. The van der Waals surface area contributed by atoms with Gasteiger partial charge in [0.05, 0.1) is 18.4 Å². The van der Waals surface area contributed by atoms with Crippen molar-refractivity contribution in [2.45, 2.75) is 23.5 Å². The minimum Gasteiger partial charge on any atom is -0.497 e. The zero-order chi connectivity index (χ0) is 31.4. The lowest BCUT2D eigenvalue weighted by Crippen LogP contribution is -2.49. The molecule has 6 rings (SSSR count). The van der Waals surface area contributed by atoms with Crippen LogP contribution in [-0.2, 0) is 18.3 Å². The maximum atomic E-state index is 13.2. The van der Waals surface area contributed by atoms with E-state index in [1.54, 1.807) is 18.1 Å². The quantitative estimate of drug-likeness (QED) is 0.179. The Balaban J connectivity index is 1.11. The fourth-order valence-corrected chi connectivity index (χ4v) is 5.91. The summed E-state index contributed by atoms with van der Waals surface area (Å²) in [5, 5.41) is 9.56. The normalized spacial score (nSPS) is 13.7. The first kappa shape index (κ1) is 30.3. The van der Waals surface area contributed by atoms with E-state index in [0.29, 0.717) is 55.1 Å². The molecule has 0 unspecified atom stereocenters. The van der Waals surface area contributed by atoms with Crippen molar-refractivity contribution < 1.29 is 27.1 Å². The number of amides is 1. The van der Waals surface area contributed by atoms with E-state index in [2.05, 4.69) is 15.2 Å². The standard InChI is InChI=1S/C32H29F3N6O3S/c1-43-26-12-10-24(11-13-26)41-28(18-22-6-3-2-4-7-22)37-38-31(41)45-21-29-36-27(20-44-29)30(42)40-16-14-39(15-17-40)25-9-5-8-23(19-25)32(33,34)35/h2-13,19-20H,14-18,21H2,1H3. The van der Waals surface area contributed by atoms with Crippen molar-refractivity contribution in [3.8, 4) is 11.4 Å². The van der Waals surface area contributed by atoms with Crippen molar-refractivity contribution in [3.63, 3.8) is 0 Å². The molecule has 1 fully saturated rings. The Kier molecular flexibility index (Phi) is 8.78. The molecule has 0 radical (unpaired) electrons. The number of ether oxygens (including phenoxy) is 1. The zero-order valence-electron chi connectivity index (χ0n) is 24.3. The fraction of sp³-hybridized carbons (Fsp3) is 0.250. The van der Waals surface area contributed by atoms with Crippen molar-refractivity contribution >= 4 is 23.4 Å². The van der Waals surface area contributed by atoms with Crippen molar-refractivity contribution in [1.29, 1.82) is 0 Å². The maximum absolute atomic E-state index is 13.2. The molecule has 0 spiro atoms. The molecule has 0 N–H and O–H groups in total. The monoisotopic (exact) mass is 634 g/mol. The summed E-state index contributed by atoms with van der Waals surface area (Å²) in [4.78, 5) is 21.1. The van der Waals surface area contributed by atoms with Crippen molar-refractivity contribution in [1.82, 2.24) is 24.6 Å². The summed E-state index contributed by atoms with van der Waals surface area (Å²) in [6.07, 6.45) is -2.49. The molecule has 5 aromatic rings. The van der Waals surface area contributed by atoms with E-state index in [1.165, 1.54) is 24.1 Å². The Morgan fingerprint density at radius 3 is 2.40 bits per heavy atom. The van der Waals surface area contributed by atoms with Gasteiger partial charge in [0.1, 0.15) is 17.8 Å². The van der Waals surface area contributed by atoms with Gasteiger partial charge in [-0.05, 0) is 48.0 Å². The van der Waals surface area contributed by atoms with E-state index >= 15 is 0 Å². The molecule has 45 heavy (non-hydrogen) atoms.